The summed E-state index contributed by atoms with van der Waals surface area (Å²) in [6, 6.07) is 15.4. The lowest BCUT2D eigenvalue weighted by Gasteiger charge is -2.19. The highest BCUT2D eigenvalue weighted by atomic mass is 35.5. The lowest BCUT2D eigenvalue weighted by atomic mass is 9.92. The van der Waals surface area contributed by atoms with E-state index in [0.29, 0.717) is 47.7 Å². The van der Waals surface area contributed by atoms with Gasteiger partial charge in [0.25, 0.3) is 0 Å². The summed E-state index contributed by atoms with van der Waals surface area (Å²) >= 11 is 13.3. The number of aromatic nitrogens is 2. The number of pyridine rings is 2. The van der Waals surface area contributed by atoms with Crippen LogP contribution in [-0.2, 0) is 35.9 Å². The molecule has 2 aliphatic rings. The zero-order chi connectivity index (χ0) is 39.9. The molecule has 2 aliphatic carbocycles. The van der Waals surface area contributed by atoms with Gasteiger partial charge < -0.3 is 39.8 Å². The van der Waals surface area contributed by atoms with Crippen LogP contribution in [0.5, 0.6) is 23.5 Å². The van der Waals surface area contributed by atoms with Gasteiger partial charge in [-0.2, -0.15) is 9.97 Å². The summed E-state index contributed by atoms with van der Waals surface area (Å²) in [5.74, 6) is -1.19. The van der Waals surface area contributed by atoms with Crippen molar-refractivity contribution in [1.29, 1.82) is 0 Å². The number of carbonyl (C=O) groups is 2. The van der Waals surface area contributed by atoms with Gasteiger partial charge in [0.15, 0.2) is 0 Å². The summed E-state index contributed by atoms with van der Waals surface area (Å²) in [5.41, 5.74) is 7.50. The molecule has 0 radical (unpaired) electrons. The van der Waals surface area contributed by atoms with E-state index >= 15 is 0 Å². The second-order valence-corrected chi connectivity index (χ2v) is 15.2. The third-order valence-electron chi connectivity index (χ3n) is 11.0. The monoisotopic (exact) mass is 806 g/mol. The molecule has 0 aliphatic heterocycles. The summed E-state index contributed by atoms with van der Waals surface area (Å²) in [6.07, 6.45) is 4.66. The zero-order valence-corrected chi connectivity index (χ0v) is 33.5. The molecule has 56 heavy (non-hydrogen) atoms. The minimum atomic E-state index is -0.783. The average Bonchev–Trinajstić information content (AvgIpc) is 3.87. The van der Waals surface area contributed by atoms with Gasteiger partial charge in [-0.25, -0.2) is 0 Å². The Labute approximate surface area is 336 Å². The highest BCUT2D eigenvalue weighted by Gasteiger charge is 2.34. The van der Waals surface area contributed by atoms with Crippen LogP contribution >= 0.6 is 23.2 Å². The van der Waals surface area contributed by atoms with Crippen LogP contribution in [0.1, 0.15) is 71.9 Å². The van der Waals surface area contributed by atoms with Crippen LogP contribution in [0, 0.1) is 25.7 Å². The number of hydrogen-bond acceptors (Lipinski definition) is 10. The van der Waals surface area contributed by atoms with Crippen molar-refractivity contribution in [2.24, 2.45) is 11.8 Å². The molecule has 4 aromatic rings. The van der Waals surface area contributed by atoms with Crippen LogP contribution in [0.2, 0.25) is 10.0 Å². The standard InChI is InChI=1S/C42H48Cl2N4O8/c1-23-25(21-55-39-33(43)17-27(37(47-39)53-3)19-45-35-15-7-13-31(35)41(49)50)9-5-11-29(23)30-12-6-10-26(24(30)2)22-56-40-34(44)18-28(38(48-40)54-4)20-46-36-16-8-14-32(36)42(51)52/h5-6,9-12,17-18,31-32,35-36,45-46H,7-8,13-16,19-22H2,1-4H3,(H,49,50)(H,51,52)/t31-,32?,35?,36?/m0/s1. The van der Waals surface area contributed by atoms with E-state index in [1.807, 2.05) is 24.3 Å². The van der Waals surface area contributed by atoms with Crippen LogP contribution in [0.3, 0.4) is 0 Å². The molecule has 0 amide bonds. The number of carboxylic acids is 2. The predicted molar refractivity (Wildman–Crippen MR) is 213 cm³/mol. The van der Waals surface area contributed by atoms with Gasteiger partial charge >= 0.3 is 11.9 Å². The van der Waals surface area contributed by atoms with E-state index in [4.69, 9.17) is 42.1 Å². The van der Waals surface area contributed by atoms with Gasteiger partial charge in [-0.05, 0) is 85.0 Å². The Hall–Kier alpha value is -4.62. The van der Waals surface area contributed by atoms with Gasteiger partial charge in [-0.15, -0.1) is 0 Å². The topological polar surface area (TPSA) is 161 Å². The Kier molecular flexibility index (Phi) is 13.6. The number of ether oxygens (including phenoxy) is 4. The van der Waals surface area contributed by atoms with E-state index in [9.17, 15) is 19.8 Å². The number of rotatable bonds is 17. The fraction of sp³-hybridized carbons (Fsp3) is 0.429. The van der Waals surface area contributed by atoms with E-state index in [1.54, 1.807) is 12.1 Å². The number of halogens is 2. The van der Waals surface area contributed by atoms with Crippen molar-refractivity contribution in [3.8, 4) is 34.6 Å². The number of carboxylic acid groups (broad SMARTS) is 2. The molecule has 4 N–H and O–H groups in total. The van der Waals surface area contributed by atoms with Crippen molar-refractivity contribution >= 4 is 35.1 Å². The van der Waals surface area contributed by atoms with Gasteiger partial charge in [-0.1, -0.05) is 72.4 Å². The predicted octanol–water partition coefficient (Wildman–Crippen LogP) is 7.93. The van der Waals surface area contributed by atoms with Gasteiger partial charge in [-0.3, -0.25) is 9.59 Å². The summed E-state index contributed by atoms with van der Waals surface area (Å²) in [7, 11) is 3.06. The maximum Gasteiger partial charge on any atom is 0.308 e. The number of hydrogen-bond donors (Lipinski definition) is 4. The minimum Gasteiger partial charge on any atom is -0.481 e. The zero-order valence-electron chi connectivity index (χ0n) is 32.0. The molecule has 6 rings (SSSR count). The normalized spacial score (nSPS) is 19.2. The Morgan fingerprint density at radius 3 is 1.45 bits per heavy atom. The Morgan fingerprint density at radius 1 is 0.661 bits per heavy atom. The van der Waals surface area contributed by atoms with Crippen molar-refractivity contribution in [2.45, 2.75) is 90.8 Å². The first-order chi connectivity index (χ1) is 27.0. The minimum absolute atomic E-state index is 0.121. The molecule has 0 bridgehead atoms. The van der Waals surface area contributed by atoms with E-state index < -0.39 is 23.8 Å². The number of nitrogens with one attached hydrogen (secondary N) is 2. The largest absolute Gasteiger partial charge is 0.481 e. The van der Waals surface area contributed by atoms with Crippen LogP contribution in [0.15, 0.2) is 48.5 Å². The third kappa shape index (κ3) is 9.32. The fourth-order valence-corrected chi connectivity index (χ4v) is 8.29. The fourth-order valence-electron chi connectivity index (χ4n) is 7.83. The van der Waals surface area contributed by atoms with Crippen molar-refractivity contribution in [3.63, 3.8) is 0 Å². The first-order valence-electron chi connectivity index (χ1n) is 18.8. The van der Waals surface area contributed by atoms with E-state index in [-0.39, 0.29) is 37.1 Å². The number of aliphatic carboxylic acids is 2. The molecule has 0 saturated heterocycles. The molecule has 2 saturated carbocycles. The number of benzene rings is 2. The third-order valence-corrected chi connectivity index (χ3v) is 11.6. The Balaban J connectivity index is 1.11. The summed E-state index contributed by atoms with van der Waals surface area (Å²) in [6.45, 7) is 5.28. The van der Waals surface area contributed by atoms with Crippen molar-refractivity contribution in [3.05, 3.63) is 92.0 Å². The molecule has 2 aromatic heterocycles. The SMILES string of the molecule is COc1nc(OCc2cccc(-c3cccc(COc4nc(OC)c(CNC5CCC[C@@H]5C(=O)O)cc4Cl)c3C)c2C)c(Cl)cc1CNC1CCCC1C(=O)O. The van der Waals surface area contributed by atoms with Crippen LogP contribution in [-0.4, -0.2) is 58.4 Å². The molecular weight excluding hydrogens is 759 g/mol. The van der Waals surface area contributed by atoms with Crippen molar-refractivity contribution < 1.29 is 38.7 Å². The van der Waals surface area contributed by atoms with E-state index in [2.05, 4.69) is 46.6 Å². The lowest BCUT2D eigenvalue weighted by Crippen LogP contribution is -2.35. The highest BCUT2D eigenvalue weighted by molar-refractivity contribution is 6.32. The second-order valence-electron chi connectivity index (χ2n) is 14.4. The van der Waals surface area contributed by atoms with Gasteiger partial charge in [0.2, 0.25) is 23.5 Å². The number of nitrogens with zero attached hydrogens (tertiary/aromatic N) is 2. The van der Waals surface area contributed by atoms with Crippen molar-refractivity contribution in [1.82, 2.24) is 20.6 Å². The van der Waals surface area contributed by atoms with Crippen LogP contribution in [0.25, 0.3) is 11.1 Å². The molecule has 4 atom stereocenters. The van der Waals surface area contributed by atoms with E-state index in [1.165, 1.54) is 14.2 Å². The lowest BCUT2D eigenvalue weighted by molar-refractivity contribution is -0.143. The molecule has 2 fully saturated rings. The molecule has 12 nitrogen and oxygen atoms in total. The van der Waals surface area contributed by atoms with Crippen LogP contribution in [0.4, 0.5) is 0 Å². The van der Waals surface area contributed by atoms with Gasteiger partial charge in [0.1, 0.15) is 23.3 Å². The molecule has 3 unspecified atom stereocenters. The second kappa shape index (κ2) is 18.5. The summed E-state index contributed by atoms with van der Waals surface area (Å²) in [4.78, 5) is 32.3. The summed E-state index contributed by atoms with van der Waals surface area (Å²) < 4.78 is 23.4. The maximum atomic E-state index is 11.6. The Bertz CT molecular complexity index is 1920. The van der Waals surface area contributed by atoms with Crippen molar-refractivity contribution in [2.75, 3.05) is 14.2 Å². The van der Waals surface area contributed by atoms with Gasteiger partial charge in [0.05, 0.1) is 26.1 Å². The first-order valence-corrected chi connectivity index (χ1v) is 19.6. The van der Waals surface area contributed by atoms with Gasteiger partial charge in [0, 0.05) is 36.3 Å². The van der Waals surface area contributed by atoms with E-state index in [0.717, 1.165) is 70.2 Å². The Morgan fingerprint density at radius 2 is 1.07 bits per heavy atom. The molecule has 2 aromatic carbocycles. The maximum absolute atomic E-state index is 11.6. The molecule has 0 spiro atoms. The molecule has 2 heterocycles. The molecule has 14 heteroatoms. The summed E-state index contributed by atoms with van der Waals surface area (Å²) in [5, 5.41) is 26.4. The smallest absolute Gasteiger partial charge is 0.308 e. The molecular formula is C42H48Cl2N4O8. The van der Waals surface area contributed by atoms with Crippen LogP contribution < -0.4 is 29.6 Å². The average molecular weight is 808 g/mol. The quantitative estimate of drug-likeness (QED) is 0.0817. The first kappa shape index (κ1) is 41.0. The highest BCUT2D eigenvalue weighted by Crippen LogP contribution is 2.35. The number of methoxy groups -OCH3 is 2. The molecule has 298 valence electrons.